The first-order valence-electron chi connectivity index (χ1n) is 6.40. The van der Waals surface area contributed by atoms with Crippen molar-refractivity contribution in [1.82, 2.24) is 4.98 Å². The topological polar surface area (TPSA) is 48.1 Å². The van der Waals surface area contributed by atoms with E-state index in [1.807, 2.05) is 25.1 Å². The van der Waals surface area contributed by atoms with E-state index >= 15 is 0 Å². The van der Waals surface area contributed by atoms with Crippen LogP contribution in [-0.4, -0.2) is 17.3 Å². The molecule has 5 heteroatoms. The third kappa shape index (κ3) is 4.51. The first kappa shape index (κ1) is 15.4. The van der Waals surface area contributed by atoms with Crippen LogP contribution < -0.4 is 10.5 Å². The number of thioether (sulfide) groups is 1. The van der Waals surface area contributed by atoms with Gasteiger partial charge in [0.1, 0.15) is 5.75 Å². The van der Waals surface area contributed by atoms with E-state index in [2.05, 4.69) is 33.0 Å². The molecule has 0 amide bonds. The summed E-state index contributed by atoms with van der Waals surface area (Å²) < 4.78 is 6.53. The van der Waals surface area contributed by atoms with E-state index in [4.69, 9.17) is 10.5 Å². The molecular weight excluding hydrogens is 336 g/mol. The van der Waals surface area contributed by atoms with Crippen LogP contribution >= 0.6 is 27.7 Å². The van der Waals surface area contributed by atoms with Gasteiger partial charge in [-0.3, -0.25) is 4.98 Å². The van der Waals surface area contributed by atoms with E-state index < -0.39 is 0 Å². The SMILES string of the molecule is CCOc1cncc(C(N)CSc2ccc(Br)cc2)c1. The van der Waals surface area contributed by atoms with Crippen LogP contribution in [0.3, 0.4) is 0 Å². The first-order chi connectivity index (χ1) is 9.69. The van der Waals surface area contributed by atoms with Crippen LogP contribution in [0, 0.1) is 0 Å². The summed E-state index contributed by atoms with van der Waals surface area (Å²) in [6.07, 6.45) is 3.51. The van der Waals surface area contributed by atoms with Crippen LogP contribution in [-0.2, 0) is 0 Å². The smallest absolute Gasteiger partial charge is 0.137 e. The number of benzene rings is 1. The van der Waals surface area contributed by atoms with Crippen LogP contribution in [0.15, 0.2) is 52.1 Å². The van der Waals surface area contributed by atoms with Gasteiger partial charge in [-0.05, 0) is 42.8 Å². The molecule has 0 aliphatic rings. The number of hydrogen-bond donors (Lipinski definition) is 1. The fourth-order valence-electron chi connectivity index (χ4n) is 1.70. The average Bonchev–Trinajstić information content (AvgIpc) is 2.47. The molecule has 1 atom stereocenters. The van der Waals surface area contributed by atoms with Crippen LogP contribution in [0.1, 0.15) is 18.5 Å². The molecule has 2 rings (SSSR count). The van der Waals surface area contributed by atoms with Gasteiger partial charge in [-0.1, -0.05) is 15.9 Å². The lowest BCUT2D eigenvalue weighted by Crippen LogP contribution is -2.13. The summed E-state index contributed by atoms with van der Waals surface area (Å²) in [6.45, 7) is 2.59. The van der Waals surface area contributed by atoms with Crippen molar-refractivity contribution < 1.29 is 4.74 Å². The molecule has 20 heavy (non-hydrogen) atoms. The van der Waals surface area contributed by atoms with Gasteiger partial charge in [0.15, 0.2) is 0 Å². The second kappa shape index (κ2) is 7.67. The molecule has 0 aliphatic carbocycles. The Bertz CT molecular complexity index is 548. The Morgan fingerprint density at radius 3 is 2.75 bits per heavy atom. The molecule has 0 bridgehead atoms. The number of ether oxygens (including phenoxy) is 1. The van der Waals surface area contributed by atoms with Crippen molar-refractivity contribution in [2.75, 3.05) is 12.4 Å². The third-order valence-corrected chi connectivity index (χ3v) is 4.38. The number of pyridine rings is 1. The molecule has 2 aromatic rings. The summed E-state index contributed by atoms with van der Waals surface area (Å²) in [5.41, 5.74) is 7.21. The van der Waals surface area contributed by atoms with Crippen molar-refractivity contribution in [2.45, 2.75) is 17.9 Å². The molecule has 106 valence electrons. The minimum absolute atomic E-state index is 0.0587. The van der Waals surface area contributed by atoms with Crippen molar-refractivity contribution in [1.29, 1.82) is 0 Å². The Hall–Kier alpha value is -1.04. The van der Waals surface area contributed by atoms with Crippen molar-refractivity contribution in [3.05, 3.63) is 52.8 Å². The molecule has 1 aromatic heterocycles. The van der Waals surface area contributed by atoms with E-state index in [0.717, 1.165) is 21.5 Å². The van der Waals surface area contributed by atoms with Gasteiger partial charge in [0, 0.05) is 27.4 Å². The largest absolute Gasteiger partial charge is 0.492 e. The van der Waals surface area contributed by atoms with Crippen LogP contribution in [0.4, 0.5) is 0 Å². The van der Waals surface area contributed by atoms with Crippen molar-refractivity contribution >= 4 is 27.7 Å². The molecule has 2 N–H and O–H groups in total. The Morgan fingerprint density at radius 1 is 1.30 bits per heavy atom. The fraction of sp³-hybridized carbons (Fsp3) is 0.267. The van der Waals surface area contributed by atoms with Gasteiger partial charge in [0.25, 0.3) is 0 Å². The predicted molar refractivity (Wildman–Crippen MR) is 87.2 cm³/mol. The number of halogens is 1. The molecule has 0 aliphatic heterocycles. The van der Waals surface area contributed by atoms with Crippen LogP contribution in [0.2, 0.25) is 0 Å². The quantitative estimate of drug-likeness (QED) is 0.797. The fourth-order valence-corrected chi connectivity index (χ4v) is 2.85. The maximum Gasteiger partial charge on any atom is 0.137 e. The Morgan fingerprint density at radius 2 is 2.05 bits per heavy atom. The third-order valence-electron chi connectivity index (χ3n) is 2.72. The Balaban J connectivity index is 1.95. The summed E-state index contributed by atoms with van der Waals surface area (Å²) >= 11 is 5.17. The van der Waals surface area contributed by atoms with Gasteiger partial charge >= 0.3 is 0 Å². The highest BCUT2D eigenvalue weighted by Gasteiger charge is 2.08. The molecule has 0 spiro atoms. The summed E-state index contributed by atoms with van der Waals surface area (Å²) in [4.78, 5) is 5.38. The van der Waals surface area contributed by atoms with Crippen molar-refractivity contribution in [2.24, 2.45) is 5.73 Å². The van der Waals surface area contributed by atoms with E-state index in [1.54, 1.807) is 24.2 Å². The molecule has 0 fully saturated rings. The van der Waals surface area contributed by atoms with Crippen molar-refractivity contribution in [3.63, 3.8) is 0 Å². The molecule has 1 heterocycles. The normalized spacial score (nSPS) is 12.2. The number of aromatic nitrogens is 1. The zero-order chi connectivity index (χ0) is 14.4. The first-order valence-corrected chi connectivity index (χ1v) is 8.18. The molecule has 3 nitrogen and oxygen atoms in total. The lowest BCUT2D eigenvalue weighted by Gasteiger charge is -2.12. The summed E-state index contributed by atoms with van der Waals surface area (Å²) in [5, 5.41) is 0. The minimum Gasteiger partial charge on any atom is -0.492 e. The Labute approximate surface area is 132 Å². The minimum atomic E-state index is -0.0587. The lowest BCUT2D eigenvalue weighted by atomic mass is 10.1. The molecular formula is C15H17BrN2OS. The van der Waals surface area contributed by atoms with Gasteiger partial charge in [0.2, 0.25) is 0 Å². The maximum atomic E-state index is 6.21. The van der Waals surface area contributed by atoms with E-state index in [-0.39, 0.29) is 6.04 Å². The highest BCUT2D eigenvalue weighted by molar-refractivity contribution is 9.10. The zero-order valence-electron chi connectivity index (χ0n) is 11.3. The average molecular weight is 353 g/mol. The summed E-state index contributed by atoms with van der Waals surface area (Å²) in [5.74, 6) is 1.58. The standard InChI is InChI=1S/C15H17BrN2OS/c1-2-19-13-7-11(8-18-9-13)15(17)10-20-14-5-3-12(16)4-6-14/h3-9,15H,2,10,17H2,1H3. The highest BCUT2D eigenvalue weighted by Crippen LogP contribution is 2.25. The molecule has 0 radical (unpaired) electrons. The summed E-state index contributed by atoms with van der Waals surface area (Å²) in [6, 6.07) is 10.1. The van der Waals surface area contributed by atoms with Gasteiger partial charge in [-0.2, -0.15) is 0 Å². The molecule has 1 unspecified atom stereocenters. The number of hydrogen-bond acceptors (Lipinski definition) is 4. The van der Waals surface area contributed by atoms with Crippen LogP contribution in [0.25, 0.3) is 0 Å². The predicted octanol–water partition coefficient (Wildman–Crippen LogP) is 4.03. The number of nitrogens with zero attached hydrogens (tertiary/aromatic N) is 1. The van der Waals surface area contributed by atoms with Gasteiger partial charge in [0.05, 0.1) is 12.8 Å². The Kier molecular flexibility index (Phi) is 5.88. The lowest BCUT2D eigenvalue weighted by molar-refractivity contribution is 0.338. The maximum absolute atomic E-state index is 6.21. The van der Waals surface area contributed by atoms with Crippen molar-refractivity contribution in [3.8, 4) is 5.75 Å². The van der Waals surface area contributed by atoms with E-state index in [0.29, 0.717) is 6.61 Å². The number of nitrogens with two attached hydrogens (primary N) is 1. The van der Waals surface area contributed by atoms with E-state index in [9.17, 15) is 0 Å². The second-order valence-electron chi connectivity index (χ2n) is 4.26. The van der Waals surface area contributed by atoms with Gasteiger partial charge in [-0.25, -0.2) is 0 Å². The van der Waals surface area contributed by atoms with Gasteiger partial charge < -0.3 is 10.5 Å². The molecule has 1 aromatic carbocycles. The highest BCUT2D eigenvalue weighted by atomic mass is 79.9. The second-order valence-corrected chi connectivity index (χ2v) is 6.27. The number of rotatable bonds is 6. The van der Waals surface area contributed by atoms with E-state index in [1.165, 1.54) is 4.90 Å². The monoisotopic (exact) mass is 352 g/mol. The van der Waals surface area contributed by atoms with Crippen LogP contribution in [0.5, 0.6) is 5.75 Å². The molecule has 0 saturated carbocycles. The zero-order valence-corrected chi connectivity index (χ0v) is 13.7. The molecule has 0 saturated heterocycles. The van der Waals surface area contributed by atoms with Gasteiger partial charge in [-0.15, -0.1) is 11.8 Å². The summed E-state index contributed by atoms with van der Waals surface area (Å²) in [7, 11) is 0.